The number of esters is 4. The minimum atomic E-state index is -4.95. The van der Waals surface area contributed by atoms with E-state index in [1.807, 2.05) is 0 Å². The summed E-state index contributed by atoms with van der Waals surface area (Å²) < 4.78 is 68.2. The van der Waals surface area contributed by atoms with Crippen LogP contribution in [0.15, 0.2) is 0 Å². The van der Waals surface area contributed by atoms with Gasteiger partial charge in [-0.05, 0) is 31.6 Å². The van der Waals surface area contributed by atoms with E-state index in [4.69, 9.17) is 37.0 Å². The van der Waals surface area contributed by atoms with Crippen LogP contribution in [-0.4, -0.2) is 96.7 Å². The van der Waals surface area contributed by atoms with Crippen molar-refractivity contribution in [2.45, 2.75) is 387 Å². The van der Waals surface area contributed by atoms with E-state index in [2.05, 4.69) is 34.6 Å². The molecule has 0 bridgehead atoms. The molecule has 0 aromatic heterocycles. The average molecular weight is 1330 g/mol. The monoisotopic (exact) mass is 1320 g/mol. The number of carbonyl (C=O) groups is 4. The average Bonchev–Trinajstić information content (AvgIpc) is 3.61. The van der Waals surface area contributed by atoms with E-state index < -0.39 is 97.5 Å². The summed E-state index contributed by atoms with van der Waals surface area (Å²) in [5.41, 5.74) is 0. The third-order valence-electron chi connectivity index (χ3n) is 16.5. The van der Waals surface area contributed by atoms with Crippen LogP contribution in [0, 0.1) is 5.92 Å². The molecular weight excluding hydrogens is 1190 g/mol. The van der Waals surface area contributed by atoms with Gasteiger partial charge < -0.3 is 33.8 Å². The summed E-state index contributed by atoms with van der Waals surface area (Å²) in [5.74, 6) is -1.35. The molecule has 0 aromatic carbocycles. The molecule has 0 spiro atoms. The molecule has 5 atom stereocenters. The van der Waals surface area contributed by atoms with Crippen LogP contribution >= 0.6 is 15.6 Å². The number of hydrogen-bond donors (Lipinski definition) is 3. The van der Waals surface area contributed by atoms with Gasteiger partial charge in [-0.15, -0.1) is 0 Å². The van der Waals surface area contributed by atoms with Crippen molar-refractivity contribution in [3.05, 3.63) is 0 Å². The van der Waals surface area contributed by atoms with E-state index in [-0.39, 0.29) is 25.7 Å². The molecule has 0 saturated carbocycles. The van der Waals surface area contributed by atoms with E-state index in [1.54, 1.807) is 0 Å². The Kier molecular flexibility index (Phi) is 63.0. The quantitative estimate of drug-likeness (QED) is 0.0222. The molecule has 0 saturated heterocycles. The molecule has 0 aliphatic carbocycles. The van der Waals surface area contributed by atoms with E-state index in [9.17, 15) is 43.2 Å². The normalized spacial score (nSPS) is 14.1. The van der Waals surface area contributed by atoms with Gasteiger partial charge in [-0.2, -0.15) is 0 Å². The number of unbranched alkanes of at least 4 members (excludes halogenated alkanes) is 43. The molecule has 0 aromatic rings. The molecule has 17 nitrogen and oxygen atoms in total. The van der Waals surface area contributed by atoms with Crippen molar-refractivity contribution in [3.8, 4) is 0 Å². The van der Waals surface area contributed by atoms with Crippen LogP contribution in [0.3, 0.4) is 0 Å². The summed E-state index contributed by atoms with van der Waals surface area (Å²) in [6.45, 7) is 7.23. The van der Waals surface area contributed by atoms with Crippen LogP contribution < -0.4 is 0 Å². The van der Waals surface area contributed by atoms with E-state index in [1.165, 1.54) is 193 Å². The largest absolute Gasteiger partial charge is 0.472 e. The van der Waals surface area contributed by atoms with Crippen molar-refractivity contribution in [1.29, 1.82) is 0 Å². The molecule has 3 N–H and O–H groups in total. The number of aliphatic hydroxyl groups is 1. The molecule has 0 heterocycles. The molecule has 0 fully saturated rings. The molecule has 0 aliphatic heterocycles. The second-order valence-corrected chi connectivity index (χ2v) is 29.0. The minimum absolute atomic E-state index is 0.106. The van der Waals surface area contributed by atoms with Crippen LogP contribution in [0.5, 0.6) is 0 Å². The summed E-state index contributed by atoms with van der Waals surface area (Å²) in [6, 6.07) is 0. The zero-order chi connectivity index (χ0) is 66.3. The summed E-state index contributed by atoms with van der Waals surface area (Å²) in [6.07, 6.45) is 51.4. The van der Waals surface area contributed by atoms with Crippen LogP contribution in [0.2, 0.25) is 0 Å². The fourth-order valence-electron chi connectivity index (χ4n) is 10.8. The molecule has 19 heteroatoms. The zero-order valence-corrected chi connectivity index (χ0v) is 60.1. The maximum absolute atomic E-state index is 13.0. The number of hydrogen-bond acceptors (Lipinski definition) is 15. The first-order chi connectivity index (χ1) is 43.5. The maximum atomic E-state index is 13.0. The fraction of sp³-hybridized carbons (Fsp3) is 0.944. The molecule has 0 amide bonds. The lowest BCUT2D eigenvalue weighted by Gasteiger charge is -2.21. The number of carbonyl (C=O) groups excluding carboxylic acids is 4. The van der Waals surface area contributed by atoms with Crippen molar-refractivity contribution in [2.24, 2.45) is 5.92 Å². The Balaban J connectivity index is 5.20. The zero-order valence-electron chi connectivity index (χ0n) is 58.3. The van der Waals surface area contributed by atoms with Gasteiger partial charge in [0.1, 0.15) is 19.3 Å². The van der Waals surface area contributed by atoms with Gasteiger partial charge in [-0.25, -0.2) is 9.13 Å². The van der Waals surface area contributed by atoms with Crippen molar-refractivity contribution < 1.29 is 80.2 Å². The lowest BCUT2D eigenvalue weighted by atomic mass is 10.0. The molecular formula is C71H138O17P2. The van der Waals surface area contributed by atoms with Crippen LogP contribution in [0.25, 0.3) is 0 Å². The second-order valence-electron chi connectivity index (χ2n) is 26.1. The second kappa shape index (κ2) is 64.4. The van der Waals surface area contributed by atoms with E-state index in [0.717, 1.165) is 95.8 Å². The highest BCUT2D eigenvalue weighted by atomic mass is 31.2. The van der Waals surface area contributed by atoms with Gasteiger partial charge in [0.25, 0.3) is 0 Å². The van der Waals surface area contributed by atoms with E-state index in [0.29, 0.717) is 25.7 Å². The Hall–Kier alpha value is -1.94. The van der Waals surface area contributed by atoms with Crippen LogP contribution in [0.1, 0.15) is 369 Å². The van der Waals surface area contributed by atoms with Crippen molar-refractivity contribution in [2.75, 3.05) is 39.6 Å². The first kappa shape index (κ1) is 88.1. The first-order valence-corrected chi connectivity index (χ1v) is 40.1. The highest BCUT2D eigenvalue weighted by molar-refractivity contribution is 7.47. The number of phosphoric acid groups is 2. The van der Waals surface area contributed by atoms with Crippen LogP contribution in [-0.2, 0) is 65.4 Å². The van der Waals surface area contributed by atoms with Crippen LogP contribution in [0.4, 0.5) is 0 Å². The molecule has 0 rings (SSSR count). The third-order valence-corrected chi connectivity index (χ3v) is 18.4. The van der Waals surface area contributed by atoms with Crippen molar-refractivity contribution in [1.82, 2.24) is 0 Å². The summed E-state index contributed by atoms with van der Waals surface area (Å²) in [7, 11) is -9.89. The molecule has 90 heavy (non-hydrogen) atoms. The number of aliphatic hydroxyl groups excluding tert-OH is 1. The van der Waals surface area contributed by atoms with Gasteiger partial charge in [0.05, 0.1) is 26.4 Å². The number of ether oxygens (including phenoxy) is 4. The minimum Gasteiger partial charge on any atom is -0.462 e. The van der Waals surface area contributed by atoms with Gasteiger partial charge >= 0.3 is 39.5 Å². The fourth-order valence-corrected chi connectivity index (χ4v) is 12.4. The Morgan fingerprint density at radius 1 is 0.300 bits per heavy atom. The standard InChI is InChI=1S/C71H138O17P2/c1-6-9-12-15-18-21-22-23-24-25-26-27-28-31-37-42-47-52-57-71(76)88-67(61-82-69(74)55-50-45-40-36-32-29-30-35-38-43-48-53-64(4)5)63-86-90(79,80)84-59-65(72)58-83-89(77,78)85-62-66(87-70(75)56-51-46-41-34-20-17-14-11-8-3)60-81-68(73)54-49-44-39-33-19-16-13-10-7-2/h64-67,72H,6-63H2,1-5H3,(H,77,78)(H,79,80)/t65-,66+,67+/m0/s1. The van der Waals surface area contributed by atoms with Crippen molar-refractivity contribution >= 4 is 39.5 Å². The number of rotatable bonds is 71. The molecule has 0 radical (unpaired) electrons. The van der Waals surface area contributed by atoms with Crippen molar-refractivity contribution in [3.63, 3.8) is 0 Å². The highest BCUT2D eigenvalue weighted by Gasteiger charge is 2.30. The summed E-state index contributed by atoms with van der Waals surface area (Å²) in [4.78, 5) is 72.5. The molecule has 534 valence electrons. The summed E-state index contributed by atoms with van der Waals surface area (Å²) >= 11 is 0. The third kappa shape index (κ3) is 64.8. The molecule has 0 aliphatic rings. The van der Waals surface area contributed by atoms with E-state index >= 15 is 0 Å². The Morgan fingerprint density at radius 2 is 0.511 bits per heavy atom. The SMILES string of the molecule is CCCCCCCCCCCCCCCCCCCCC(=O)O[C@H](COC(=O)CCCCCCCCCCCCCC(C)C)COP(=O)(O)OC[C@@H](O)COP(=O)(O)OC[C@@H](COC(=O)CCCCCCCCCCC)OC(=O)CCCCCCCCCCC. The number of phosphoric ester groups is 2. The Bertz CT molecular complexity index is 1740. The summed E-state index contributed by atoms with van der Waals surface area (Å²) in [5, 5.41) is 10.6. The van der Waals surface area contributed by atoms with Gasteiger partial charge in [0.15, 0.2) is 12.2 Å². The highest BCUT2D eigenvalue weighted by Crippen LogP contribution is 2.45. The predicted molar refractivity (Wildman–Crippen MR) is 363 cm³/mol. The lowest BCUT2D eigenvalue weighted by Crippen LogP contribution is -2.30. The Labute approximate surface area is 549 Å². The maximum Gasteiger partial charge on any atom is 0.472 e. The lowest BCUT2D eigenvalue weighted by molar-refractivity contribution is -0.161. The Morgan fingerprint density at radius 3 is 0.756 bits per heavy atom. The van der Waals surface area contributed by atoms with Gasteiger partial charge in [0, 0.05) is 25.7 Å². The van der Waals surface area contributed by atoms with Gasteiger partial charge in [-0.1, -0.05) is 317 Å². The smallest absolute Gasteiger partial charge is 0.462 e. The van der Waals surface area contributed by atoms with Gasteiger partial charge in [0.2, 0.25) is 0 Å². The topological polar surface area (TPSA) is 237 Å². The van der Waals surface area contributed by atoms with Gasteiger partial charge in [-0.3, -0.25) is 37.3 Å². The predicted octanol–water partition coefficient (Wildman–Crippen LogP) is 20.5. The molecule has 2 unspecified atom stereocenters. The first-order valence-electron chi connectivity index (χ1n) is 37.1.